The van der Waals surface area contributed by atoms with Crippen LogP contribution in [-0.4, -0.2) is 14.1 Å². The topological polar surface area (TPSA) is 18.1 Å². The van der Waals surface area contributed by atoms with E-state index in [0.29, 0.717) is 0 Å². The first-order chi connectivity index (χ1) is 16.4. The van der Waals surface area contributed by atoms with Crippen molar-refractivity contribution in [1.29, 1.82) is 0 Å². The average Bonchev–Trinajstić information content (AvgIpc) is 3.41. The van der Waals surface area contributed by atoms with Crippen molar-refractivity contribution in [2.24, 2.45) is 0 Å². The molecule has 7 aromatic rings. The van der Waals surface area contributed by atoms with Gasteiger partial charge in [0.2, 0.25) is 0 Å². The van der Waals surface area contributed by atoms with E-state index in [1.165, 1.54) is 43.0 Å². The first-order valence-electron chi connectivity index (χ1n) is 11.3. The molecule has 0 N–H and O–H groups in total. The van der Waals surface area contributed by atoms with E-state index in [-0.39, 0.29) is 0 Å². The second kappa shape index (κ2) is 7.22. The van der Waals surface area contributed by atoms with Crippen LogP contribution >= 0.6 is 0 Å². The number of para-hydroxylation sites is 3. The van der Waals surface area contributed by atoms with Gasteiger partial charge >= 0.3 is 0 Å². The Hall–Kier alpha value is -4.08. The summed E-state index contributed by atoms with van der Waals surface area (Å²) in [5, 5.41) is 7.72. The predicted octanol–water partition coefficient (Wildman–Crippen LogP) is 5.80. The van der Waals surface area contributed by atoms with Gasteiger partial charge in [-0.3, -0.25) is 0 Å². The van der Waals surface area contributed by atoms with Crippen molar-refractivity contribution < 1.29 is 4.42 Å². The van der Waals surface area contributed by atoms with Crippen LogP contribution < -0.4 is 10.4 Å². The normalized spacial score (nSPS) is 12.1. The second-order valence-corrected chi connectivity index (χ2v) is 10.5. The number of hydrogen-bond donors (Lipinski definition) is 0. The molecule has 0 aliphatic rings. The molecule has 0 unspecified atom stereocenters. The maximum atomic E-state index is 6.43. The number of nitrogens with zero attached hydrogens (tertiary/aromatic N) is 1. The van der Waals surface area contributed by atoms with E-state index in [0.717, 1.165) is 16.9 Å². The van der Waals surface area contributed by atoms with E-state index in [9.17, 15) is 0 Å². The molecule has 0 aliphatic carbocycles. The molecule has 0 fully saturated rings. The molecule has 0 spiro atoms. The minimum absolute atomic E-state index is 0.608. The van der Waals surface area contributed by atoms with Crippen LogP contribution in [0.3, 0.4) is 0 Å². The fourth-order valence-corrected chi connectivity index (χ4v) is 6.76. The second-order valence-electron chi connectivity index (χ2n) is 8.61. The van der Waals surface area contributed by atoms with Crippen molar-refractivity contribution in [3.05, 3.63) is 115 Å². The number of hydrogen-bond acceptors (Lipinski definition) is 1. The highest BCUT2D eigenvalue weighted by molar-refractivity contribution is 6.69. The quantitative estimate of drug-likeness (QED) is 0.318. The molecule has 0 saturated heterocycles. The predicted molar refractivity (Wildman–Crippen MR) is 142 cm³/mol. The van der Waals surface area contributed by atoms with Crippen molar-refractivity contribution in [3.63, 3.8) is 0 Å². The zero-order valence-corrected chi connectivity index (χ0v) is 19.4. The lowest BCUT2D eigenvalue weighted by Crippen LogP contribution is -2.26. The summed E-state index contributed by atoms with van der Waals surface area (Å²) in [6, 6.07) is 41.3. The van der Waals surface area contributed by atoms with Gasteiger partial charge in [-0.15, -0.1) is 0 Å². The van der Waals surface area contributed by atoms with Gasteiger partial charge < -0.3 is 8.98 Å². The maximum Gasteiger partial charge on any atom is 0.135 e. The summed E-state index contributed by atoms with van der Waals surface area (Å²) in [6.45, 7) is 0. The van der Waals surface area contributed by atoms with Gasteiger partial charge in [-0.05, 0) is 35.5 Å². The van der Waals surface area contributed by atoms with Gasteiger partial charge in [-0.25, -0.2) is 0 Å². The average molecular weight is 440 g/mol. The molecule has 0 bridgehead atoms. The standard InChI is InChI=1S/C30H21NOSi/c1-2-9-21(10-3-1)33-29-16-8-13-24-25-19-20(17-18-28(25)32-30(24)29)31-26-14-6-4-11-22(26)23-12-5-7-15-27(23)31/h1-19H,33H2. The van der Waals surface area contributed by atoms with Gasteiger partial charge in [0.15, 0.2) is 0 Å². The Bertz CT molecular complexity index is 1740. The lowest BCUT2D eigenvalue weighted by atomic mass is 10.1. The molecule has 0 saturated carbocycles. The largest absolute Gasteiger partial charge is 0.456 e. The van der Waals surface area contributed by atoms with Crippen molar-refractivity contribution in [2.45, 2.75) is 0 Å². The molecule has 0 atom stereocenters. The highest BCUT2D eigenvalue weighted by Gasteiger charge is 2.15. The van der Waals surface area contributed by atoms with Crippen LogP contribution in [-0.2, 0) is 0 Å². The summed E-state index contributed by atoms with van der Waals surface area (Å²) in [6.07, 6.45) is 0. The Morgan fingerprint density at radius 2 is 1.21 bits per heavy atom. The molecule has 0 aliphatic heterocycles. The zero-order valence-electron chi connectivity index (χ0n) is 18.0. The lowest BCUT2D eigenvalue weighted by molar-refractivity contribution is 0.671. The summed E-state index contributed by atoms with van der Waals surface area (Å²) < 4.78 is 8.80. The minimum Gasteiger partial charge on any atom is -0.456 e. The van der Waals surface area contributed by atoms with Crippen molar-refractivity contribution in [3.8, 4) is 5.69 Å². The fourth-order valence-electron chi connectivity index (χ4n) is 5.14. The van der Waals surface area contributed by atoms with E-state index in [4.69, 9.17) is 4.42 Å². The monoisotopic (exact) mass is 439 g/mol. The van der Waals surface area contributed by atoms with E-state index < -0.39 is 9.52 Å². The van der Waals surface area contributed by atoms with Crippen LogP contribution in [0.1, 0.15) is 0 Å². The van der Waals surface area contributed by atoms with Crippen LogP contribution in [0.25, 0.3) is 49.4 Å². The lowest BCUT2D eigenvalue weighted by Gasteiger charge is -2.08. The third kappa shape index (κ3) is 2.86. The van der Waals surface area contributed by atoms with Gasteiger partial charge in [-0.2, -0.15) is 0 Å². The highest BCUT2D eigenvalue weighted by Crippen LogP contribution is 2.34. The first kappa shape index (κ1) is 18.5. The Morgan fingerprint density at radius 3 is 1.97 bits per heavy atom. The van der Waals surface area contributed by atoms with Crippen LogP contribution in [0, 0.1) is 0 Å². The van der Waals surface area contributed by atoms with Crippen LogP contribution in [0.4, 0.5) is 0 Å². The molecular formula is C30H21NOSi. The molecule has 3 heteroatoms. The molecule has 2 aromatic heterocycles. The highest BCUT2D eigenvalue weighted by atomic mass is 28.2. The maximum absolute atomic E-state index is 6.43. The molecule has 2 heterocycles. The van der Waals surface area contributed by atoms with Gasteiger partial charge in [0, 0.05) is 27.2 Å². The zero-order chi connectivity index (χ0) is 21.8. The van der Waals surface area contributed by atoms with Gasteiger partial charge in [0.1, 0.15) is 11.2 Å². The molecule has 0 amide bonds. The number of rotatable bonds is 3. The van der Waals surface area contributed by atoms with E-state index >= 15 is 0 Å². The fraction of sp³-hybridized carbons (Fsp3) is 0. The molecule has 5 aromatic carbocycles. The Kier molecular flexibility index (Phi) is 4.05. The van der Waals surface area contributed by atoms with Crippen molar-refractivity contribution in [1.82, 2.24) is 4.57 Å². The third-order valence-electron chi connectivity index (χ3n) is 6.64. The van der Waals surface area contributed by atoms with Crippen molar-refractivity contribution >= 4 is 63.6 Å². The number of aromatic nitrogens is 1. The summed E-state index contributed by atoms with van der Waals surface area (Å²) in [4.78, 5) is 0. The van der Waals surface area contributed by atoms with Crippen LogP contribution in [0.2, 0.25) is 0 Å². The Morgan fingerprint density at radius 1 is 0.545 bits per heavy atom. The van der Waals surface area contributed by atoms with Gasteiger partial charge in [0.25, 0.3) is 0 Å². The Balaban J connectivity index is 1.46. The SMILES string of the molecule is c1ccc([SiH2]c2cccc3c2oc2ccc(-n4c5ccccc5c5ccccc54)cc23)cc1. The smallest absolute Gasteiger partial charge is 0.135 e. The Labute approximate surface area is 193 Å². The van der Waals surface area contributed by atoms with E-state index in [1.54, 1.807) is 0 Å². The van der Waals surface area contributed by atoms with Gasteiger partial charge in [0.05, 0.1) is 20.6 Å². The number of fused-ring (bicyclic) bond motifs is 6. The molecule has 0 radical (unpaired) electrons. The summed E-state index contributed by atoms with van der Waals surface area (Å²) in [7, 11) is -0.608. The first-order valence-corrected chi connectivity index (χ1v) is 12.7. The number of furan rings is 1. The summed E-state index contributed by atoms with van der Waals surface area (Å²) >= 11 is 0. The molecule has 2 nitrogen and oxygen atoms in total. The van der Waals surface area contributed by atoms with Crippen molar-refractivity contribution in [2.75, 3.05) is 0 Å². The summed E-state index contributed by atoms with van der Waals surface area (Å²) in [5.74, 6) is 0. The van der Waals surface area contributed by atoms with Crippen LogP contribution in [0.5, 0.6) is 0 Å². The molecule has 7 rings (SSSR count). The molecular weight excluding hydrogens is 418 g/mol. The van der Waals surface area contributed by atoms with Gasteiger partial charge in [-0.1, -0.05) is 90.1 Å². The number of benzene rings is 5. The third-order valence-corrected chi connectivity index (χ3v) is 8.45. The van der Waals surface area contributed by atoms with E-state index in [1.807, 2.05) is 0 Å². The molecule has 33 heavy (non-hydrogen) atoms. The minimum atomic E-state index is -0.608. The van der Waals surface area contributed by atoms with E-state index in [2.05, 4.69) is 120 Å². The molecule has 156 valence electrons. The summed E-state index contributed by atoms with van der Waals surface area (Å²) in [5.41, 5.74) is 5.60. The van der Waals surface area contributed by atoms with Crippen LogP contribution in [0.15, 0.2) is 120 Å².